The van der Waals surface area contributed by atoms with Gasteiger partial charge in [-0.25, -0.2) is 4.79 Å². The third-order valence-electron chi connectivity index (χ3n) is 2.26. The second-order valence-electron chi connectivity index (χ2n) is 3.93. The zero-order valence-electron chi connectivity index (χ0n) is 9.48. The Kier molecular flexibility index (Phi) is 4.31. The minimum absolute atomic E-state index is 0.104. The molecule has 1 unspecified atom stereocenters. The van der Waals surface area contributed by atoms with Crippen LogP contribution < -0.4 is 5.32 Å². The van der Waals surface area contributed by atoms with E-state index in [4.69, 9.17) is 5.11 Å². The Morgan fingerprint density at radius 1 is 1.44 bits per heavy atom. The zero-order chi connectivity index (χ0) is 13.9. The molecule has 0 radical (unpaired) electrons. The van der Waals surface area contributed by atoms with Crippen molar-refractivity contribution in [3.8, 4) is 5.75 Å². The topological polar surface area (TPSA) is 107 Å². The number of aliphatic hydroxyl groups is 1. The molecule has 4 N–H and O–H groups in total. The lowest BCUT2D eigenvalue weighted by Gasteiger charge is -2.18. The zero-order valence-corrected chi connectivity index (χ0v) is 11.1. The van der Waals surface area contributed by atoms with Crippen LogP contribution in [0.2, 0.25) is 0 Å². The first kappa shape index (κ1) is 14.5. The van der Waals surface area contributed by atoms with E-state index in [2.05, 4.69) is 21.2 Å². The second kappa shape index (κ2) is 5.36. The smallest absolute Gasteiger partial charge is 0.337 e. The average Bonchev–Trinajstić information content (AvgIpc) is 2.29. The highest BCUT2D eigenvalue weighted by Crippen LogP contribution is 2.24. The first-order valence-electron chi connectivity index (χ1n) is 4.96. The molecule has 1 aromatic carbocycles. The Bertz CT molecular complexity index is 486. The van der Waals surface area contributed by atoms with Crippen molar-refractivity contribution in [1.82, 2.24) is 5.32 Å². The highest BCUT2D eigenvalue weighted by atomic mass is 79.9. The molecule has 1 amide bonds. The molecular formula is C11H12BrNO5. The molecule has 18 heavy (non-hydrogen) atoms. The summed E-state index contributed by atoms with van der Waals surface area (Å²) in [5.74, 6) is -2.12. The van der Waals surface area contributed by atoms with Crippen molar-refractivity contribution in [2.45, 2.75) is 12.5 Å². The van der Waals surface area contributed by atoms with Crippen LogP contribution in [0.4, 0.5) is 0 Å². The predicted octanol–water partition coefficient (Wildman–Crippen LogP) is 0.720. The number of carbonyl (C=O) groups excluding carboxylic acids is 1. The lowest BCUT2D eigenvalue weighted by molar-refractivity contribution is -0.155. The summed E-state index contributed by atoms with van der Waals surface area (Å²) < 4.78 is 0.441. The summed E-state index contributed by atoms with van der Waals surface area (Å²) >= 11 is 3.07. The molecule has 0 saturated carbocycles. The fourth-order valence-corrected chi connectivity index (χ4v) is 1.33. The number of nitrogens with one attached hydrogen (secondary N) is 1. The van der Waals surface area contributed by atoms with Gasteiger partial charge >= 0.3 is 5.97 Å². The number of hydrogen-bond acceptors (Lipinski definition) is 4. The number of benzene rings is 1. The molecule has 0 bridgehead atoms. The lowest BCUT2D eigenvalue weighted by Crippen LogP contribution is -2.46. The van der Waals surface area contributed by atoms with Gasteiger partial charge in [0.1, 0.15) is 5.75 Å². The molecule has 0 fully saturated rings. The largest absolute Gasteiger partial charge is 0.507 e. The summed E-state index contributed by atoms with van der Waals surface area (Å²) in [5, 5.41) is 29.7. The average molecular weight is 318 g/mol. The maximum absolute atomic E-state index is 11.6. The lowest BCUT2D eigenvalue weighted by atomic mass is 10.1. The van der Waals surface area contributed by atoms with E-state index < -0.39 is 24.0 Å². The Labute approximate surface area is 111 Å². The van der Waals surface area contributed by atoms with Crippen molar-refractivity contribution in [3.05, 3.63) is 28.2 Å². The van der Waals surface area contributed by atoms with Gasteiger partial charge in [0.2, 0.25) is 0 Å². The van der Waals surface area contributed by atoms with Crippen LogP contribution in [0.3, 0.4) is 0 Å². The summed E-state index contributed by atoms with van der Waals surface area (Å²) in [6, 6.07) is 4.17. The van der Waals surface area contributed by atoms with Gasteiger partial charge in [-0.1, -0.05) is 0 Å². The molecule has 1 aromatic rings. The number of carbonyl (C=O) groups is 2. The van der Waals surface area contributed by atoms with Crippen LogP contribution in [0.5, 0.6) is 5.75 Å². The van der Waals surface area contributed by atoms with Crippen molar-refractivity contribution in [2.24, 2.45) is 0 Å². The van der Waals surface area contributed by atoms with E-state index in [1.54, 1.807) is 0 Å². The molecule has 0 spiro atoms. The van der Waals surface area contributed by atoms with Gasteiger partial charge in [-0.05, 0) is 41.1 Å². The number of aromatic hydroxyl groups is 1. The second-order valence-corrected chi connectivity index (χ2v) is 4.78. The van der Waals surface area contributed by atoms with Gasteiger partial charge in [0.05, 0.1) is 11.0 Å². The minimum atomic E-state index is -2.03. The molecule has 0 saturated heterocycles. The summed E-state index contributed by atoms with van der Waals surface area (Å²) in [4.78, 5) is 22.3. The molecule has 1 atom stereocenters. The third kappa shape index (κ3) is 3.44. The van der Waals surface area contributed by atoms with Gasteiger partial charge < -0.3 is 20.6 Å². The number of aliphatic carboxylic acids is 1. The fourth-order valence-electron chi connectivity index (χ4n) is 1.08. The van der Waals surface area contributed by atoms with Crippen molar-refractivity contribution in [2.75, 3.05) is 6.54 Å². The highest BCUT2D eigenvalue weighted by Gasteiger charge is 2.30. The molecule has 0 aliphatic carbocycles. The summed E-state index contributed by atoms with van der Waals surface area (Å²) in [6.07, 6.45) is 0. The van der Waals surface area contributed by atoms with E-state index in [0.29, 0.717) is 4.47 Å². The van der Waals surface area contributed by atoms with Crippen molar-refractivity contribution in [1.29, 1.82) is 0 Å². The van der Waals surface area contributed by atoms with Crippen LogP contribution in [0, 0.1) is 0 Å². The summed E-state index contributed by atoms with van der Waals surface area (Å²) in [5.41, 5.74) is -1.87. The molecule has 0 heterocycles. The highest BCUT2D eigenvalue weighted by molar-refractivity contribution is 9.10. The maximum Gasteiger partial charge on any atom is 0.337 e. The van der Waals surface area contributed by atoms with Crippen molar-refractivity contribution < 1.29 is 24.9 Å². The van der Waals surface area contributed by atoms with Crippen LogP contribution in [-0.4, -0.2) is 39.3 Å². The van der Waals surface area contributed by atoms with Crippen LogP contribution in [-0.2, 0) is 4.79 Å². The number of carboxylic acids is 1. The Hall–Kier alpha value is -1.60. The number of phenolic OH excluding ortho intramolecular Hbond substituents is 1. The van der Waals surface area contributed by atoms with E-state index >= 15 is 0 Å². The minimum Gasteiger partial charge on any atom is -0.507 e. The van der Waals surface area contributed by atoms with E-state index in [9.17, 15) is 19.8 Å². The van der Waals surface area contributed by atoms with Gasteiger partial charge in [-0.15, -0.1) is 0 Å². The number of phenols is 1. The van der Waals surface area contributed by atoms with Crippen molar-refractivity contribution >= 4 is 27.8 Å². The Balaban J connectivity index is 2.72. The van der Waals surface area contributed by atoms with Gasteiger partial charge in [0, 0.05) is 5.56 Å². The molecular weight excluding hydrogens is 306 g/mol. The molecule has 6 nitrogen and oxygen atoms in total. The Morgan fingerprint density at radius 3 is 2.56 bits per heavy atom. The van der Waals surface area contributed by atoms with Gasteiger partial charge in [0.15, 0.2) is 5.60 Å². The first-order chi connectivity index (χ1) is 8.24. The quantitative estimate of drug-likeness (QED) is 0.654. The fraction of sp³-hybridized carbons (Fsp3) is 0.273. The normalized spacial score (nSPS) is 13.7. The van der Waals surface area contributed by atoms with Gasteiger partial charge in [-0.2, -0.15) is 0 Å². The number of hydrogen-bond donors (Lipinski definition) is 4. The van der Waals surface area contributed by atoms with Crippen molar-refractivity contribution in [3.63, 3.8) is 0 Å². The summed E-state index contributed by atoms with van der Waals surface area (Å²) in [6.45, 7) is 0.645. The van der Waals surface area contributed by atoms with E-state index in [1.165, 1.54) is 18.2 Å². The standard InChI is InChI=1S/C11H12BrNO5/c1-11(18,10(16)17)5-13-9(15)6-2-3-7(12)8(14)4-6/h2-4,14,18H,5H2,1H3,(H,13,15)(H,16,17). The number of amides is 1. The summed E-state index contributed by atoms with van der Waals surface area (Å²) in [7, 11) is 0. The maximum atomic E-state index is 11.6. The SMILES string of the molecule is CC(O)(CNC(=O)c1ccc(Br)c(O)c1)C(=O)O. The predicted molar refractivity (Wildman–Crippen MR) is 66.4 cm³/mol. The number of halogens is 1. The molecule has 98 valence electrons. The monoisotopic (exact) mass is 317 g/mol. The van der Waals surface area contributed by atoms with E-state index in [-0.39, 0.29) is 11.3 Å². The van der Waals surface area contributed by atoms with Gasteiger partial charge in [0.25, 0.3) is 5.91 Å². The molecule has 7 heteroatoms. The molecule has 0 aliphatic heterocycles. The molecule has 1 rings (SSSR count). The van der Waals surface area contributed by atoms with E-state index in [1.807, 2.05) is 0 Å². The van der Waals surface area contributed by atoms with Crippen LogP contribution in [0.15, 0.2) is 22.7 Å². The molecule has 0 aromatic heterocycles. The van der Waals surface area contributed by atoms with Crippen LogP contribution in [0.25, 0.3) is 0 Å². The molecule has 0 aliphatic rings. The van der Waals surface area contributed by atoms with Crippen LogP contribution >= 0.6 is 15.9 Å². The number of rotatable bonds is 4. The van der Waals surface area contributed by atoms with Gasteiger partial charge in [-0.3, -0.25) is 4.79 Å². The number of carboxylic acid groups (broad SMARTS) is 1. The van der Waals surface area contributed by atoms with E-state index in [0.717, 1.165) is 6.92 Å². The van der Waals surface area contributed by atoms with Crippen LogP contribution in [0.1, 0.15) is 17.3 Å². The first-order valence-corrected chi connectivity index (χ1v) is 5.76. The third-order valence-corrected chi connectivity index (χ3v) is 2.93. The Morgan fingerprint density at radius 2 is 2.06 bits per heavy atom.